The topological polar surface area (TPSA) is 84.5 Å². The average Bonchev–Trinajstić information content (AvgIpc) is 2.46. The second-order valence-electron chi connectivity index (χ2n) is 5.10. The lowest BCUT2D eigenvalue weighted by atomic mass is 10.2. The maximum absolute atomic E-state index is 11.8. The number of rotatable bonds is 9. The van der Waals surface area contributed by atoms with E-state index in [-0.39, 0.29) is 17.3 Å². The largest absolute Gasteiger partial charge is 0.382 e. The predicted molar refractivity (Wildman–Crippen MR) is 91.9 cm³/mol. The van der Waals surface area contributed by atoms with Crippen molar-refractivity contribution in [3.8, 4) is 0 Å². The minimum absolute atomic E-state index is 0.0407. The number of halogens is 1. The van der Waals surface area contributed by atoms with Crippen LogP contribution in [0, 0.1) is 6.92 Å². The first kappa shape index (κ1) is 19.7. The van der Waals surface area contributed by atoms with Crippen molar-refractivity contribution in [3.63, 3.8) is 0 Å². The van der Waals surface area contributed by atoms with E-state index in [1.807, 2.05) is 6.92 Å². The van der Waals surface area contributed by atoms with Crippen LogP contribution in [0.1, 0.15) is 18.9 Å². The molecular formula is C15H23ClN2O4S. The van der Waals surface area contributed by atoms with E-state index in [9.17, 15) is 13.2 Å². The van der Waals surface area contributed by atoms with E-state index in [1.165, 1.54) is 6.07 Å². The van der Waals surface area contributed by atoms with Gasteiger partial charge in [0.25, 0.3) is 0 Å². The van der Waals surface area contributed by atoms with Crippen LogP contribution in [0.4, 0.5) is 5.69 Å². The van der Waals surface area contributed by atoms with Crippen LogP contribution >= 0.6 is 11.6 Å². The molecule has 0 aromatic heterocycles. The Morgan fingerprint density at radius 2 is 2.04 bits per heavy atom. The zero-order valence-corrected chi connectivity index (χ0v) is 15.2. The van der Waals surface area contributed by atoms with Gasteiger partial charge in [0.1, 0.15) is 0 Å². The second kappa shape index (κ2) is 9.10. The summed E-state index contributed by atoms with van der Waals surface area (Å²) in [6.45, 7) is 5.43. The lowest BCUT2D eigenvalue weighted by Crippen LogP contribution is -2.31. The highest BCUT2D eigenvalue weighted by molar-refractivity contribution is 7.90. The van der Waals surface area contributed by atoms with E-state index in [4.69, 9.17) is 16.3 Å². The Labute approximate surface area is 142 Å². The number of anilines is 1. The second-order valence-corrected chi connectivity index (χ2v) is 7.52. The Balaban J connectivity index is 2.61. The van der Waals surface area contributed by atoms with Gasteiger partial charge in [0.2, 0.25) is 5.91 Å². The first-order chi connectivity index (χ1) is 10.8. The number of amides is 1. The molecule has 6 nitrogen and oxygen atoms in total. The van der Waals surface area contributed by atoms with Gasteiger partial charge in [0.05, 0.1) is 11.4 Å². The fraction of sp³-hybridized carbons (Fsp3) is 0.533. The first-order valence-electron chi connectivity index (χ1n) is 7.34. The average molecular weight is 363 g/mol. The summed E-state index contributed by atoms with van der Waals surface area (Å²) in [4.78, 5) is 11.9. The number of sulfone groups is 1. The minimum atomic E-state index is -3.38. The first-order valence-corrected chi connectivity index (χ1v) is 9.61. The molecule has 0 heterocycles. The molecule has 23 heavy (non-hydrogen) atoms. The molecule has 0 fully saturated rings. The summed E-state index contributed by atoms with van der Waals surface area (Å²) in [5.74, 6) is -0.179. The number of hydrogen-bond donors (Lipinski definition) is 2. The number of nitrogens with one attached hydrogen (secondary N) is 2. The van der Waals surface area contributed by atoms with Gasteiger partial charge in [0.15, 0.2) is 9.84 Å². The smallest absolute Gasteiger partial charge is 0.239 e. The molecule has 0 saturated heterocycles. The number of benzene rings is 1. The number of carbonyl (C=O) groups is 1. The summed E-state index contributed by atoms with van der Waals surface area (Å²) in [6.07, 6.45) is 1.87. The number of carbonyl (C=O) groups excluding carboxylic acids is 1. The minimum Gasteiger partial charge on any atom is -0.382 e. The lowest BCUT2D eigenvalue weighted by molar-refractivity contribution is -0.119. The van der Waals surface area contributed by atoms with Crippen molar-refractivity contribution in [1.29, 1.82) is 0 Å². The summed E-state index contributed by atoms with van der Waals surface area (Å²) < 4.78 is 28.7. The van der Waals surface area contributed by atoms with Crippen molar-refractivity contribution >= 4 is 33.0 Å². The van der Waals surface area contributed by atoms with Gasteiger partial charge in [-0.1, -0.05) is 11.6 Å². The number of hydrogen-bond acceptors (Lipinski definition) is 5. The molecule has 0 saturated carbocycles. The molecule has 0 aliphatic carbocycles. The van der Waals surface area contributed by atoms with Gasteiger partial charge >= 0.3 is 0 Å². The van der Waals surface area contributed by atoms with Crippen LogP contribution in [0.3, 0.4) is 0 Å². The van der Waals surface area contributed by atoms with Gasteiger partial charge in [0, 0.05) is 36.7 Å². The Bertz CT molecular complexity index is 647. The molecule has 0 aliphatic heterocycles. The van der Waals surface area contributed by atoms with E-state index >= 15 is 0 Å². The van der Waals surface area contributed by atoms with Gasteiger partial charge in [-0.2, -0.15) is 0 Å². The third-order valence-corrected chi connectivity index (χ3v) is 4.60. The highest BCUT2D eigenvalue weighted by Gasteiger charge is 2.15. The lowest BCUT2D eigenvalue weighted by Gasteiger charge is -2.13. The van der Waals surface area contributed by atoms with Gasteiger partial charge in [-0.3, -0.25) is 4.79 Å². The van der Waals surface area contributed by atoms with Crippen molar-refractivity contribution in [2.75, 3.05) is 37.9 Å². The summed E-state index contributed by atoms with van der Waals surface area (Å²) >= 11 is 5.96. The molecule has 1 aromatic carbocycles. The molecule has 8 heteroatoms. The zero-order chi connectivity index (χ0) is 17.5. The normalized spacial score (nSPS) is 11.3. The number of ether oxygens (including phenoxy) is 1. The van der Waals surface area contributed by atoms with Crippen LogP contribution in [-0.4, -0.2) is 46.9 Å². The molecule has 1 rings (SSSR count). The Kier molecular flexibility index (Phi) is 7.81. The van der Waals surface area contributed by atoms with Gasteiger partial charge in [-0.05, 0) is 38.0 Å². The quantitative estimate of drug-likeness (QED) is 0.656. The third-order valence-electron chi connectivity index (χ3n) is 3.16. The van der Waals surface area contributed by atoms with Crippen LogP contribution in [-0.2, 0) is 19.4 Å². The summed E-state index contributed by atoms with van der Waals surface area (Å²) in [5.41, 5.74) is 1.07. The van der Waals surface area contributed by atoms with E-state index in [1.54, 1.807) is 13.0 Å². The maximum atomic E-state index is 11.8. The van der Waals surface area contributed by atoms with E-state index in [2.05, 4.69) is 10.6 Å². The molecule has 130 valence electrons. The Morgan fingerprint density at radius 1 is 1.35 bits per heavy atom. The van der Waals surface area contributed by atoms with Crippen LogP contribution in [0.5, 0.6) is 0 Å². The summed E-state index contributed by atoms with van der Waals surface area (Å²) in [6, 6.07) is 3.01. The monoisotopic (exact) mass is 362 g/mol. The SMILES string of the molecule is CCOCCCNC(=O)CNc1cc(Cl)cc(S(C)(=O)=O)c1C. The highest BCUT2D eigenvalue weighted by Crippen LogP contribution is 2.27. The van der Waals surface area contributed by atoms with Crippen LogP contribution in [0.15, 0.2) is 17.0 Å². The van der Waals surface area contributed by atoms with Crippen molar-refractivity contribution in [3.05, 3.63) is 22.7 Å². The standard InChI is InChI=1S/C15H23ClN2O4S/c1-4-22-7-5-6-17-15(19)10-18-13-8-12(16)9-14(11(13)2)23(3,20)21/h8-9,18H,4-7,10H2,1-3H3,(H,17,19). The van der Waals surface area contributed by atoms with Crippen molar-refractivity contribution < 1.29 is 17.9 Å². The molecule has 0 spiro atoms. The molecular weight excluding hydrogens is 340 g/mol. The summed E-state index contributed by atoms with van der Waals surface area (Å²) in [5, 5.41) is 5.99. The fourth-order valence-corrected chi connectivity index (χ4v) is 3.30. The van der Waals surface area contributed by atoms with E-state index in [0.717, 1.165) is 12.7 Å². The van der Waals surface area contributed by atoms with Crippen molar-refractivity contribution in [1.82, 2.24) is 5.32 Å². The Morgan fingerprint density at radius 3 is 2.65 bits per heavy atom. The fourth-order valence-electron chi connectivity index (χ4n) is 2.01. The third kappa shape index (κ3) is 6.76. The highest BCUT2D eigenvalue weighted by atomic mass is 35.5. The molecule has 1 aromatic rings. The zero-order valence-electron chi connectivity index (χ0n) is 13.6. The summed E-state index contributed by atoms with van der Waals surface area (Å²) in [7, 11) is -3.38. The van der Waals surface area contributed by atoms with Crippen LogP contribution in [0.2, 0.25) is 5.02 Å². The van der Waals surface area contributed by atoms with Gasteiger partial charge in [-0.15, -0.1) is 0 Å². The predicted octanol–water partition coefficient (Wildman–Crippen LogP) is 2.01. The van der Waals surface area contributed by atoms with Crippen molar-refractivity contribution in [2.45, 2.75) is 25.2 Å². The Hall–Kier alpha value is -1.31. The van der Waals surface area contributed by atoms with Gasteiger partial charge < -0.3 is 15.4 Å². The molecule has 0 unspecified atom stereocenters. The molecule has 0 bridgehead atoms. The molecule has 2 N–H and O–H groups in total. The molecule has 0 atom stereocenters. The van der Waals surface area contributed by atoms with Crippen LogP contribution < -0.4 is 10.6 Å². The van der Waals surface area contributed by atoms with Crippen LogP contribution in [0.25, 0.3) is 0 Å². The van der Waals surface area contributed by atoms with Crippen molar-refractivity contribution in [2.24, 2.45) is 0 Å². The molecule has 0 aliphatic rings. The molecule has 0 radical (unpaired) electrons. The maximum Gasteiger partial charge on any atom is 0.239 e. The van der Waals surface area contributed by atoms with Gasteiger partial charge in [-0.25, -0.2) is 8.42 Å². The van der Waals surface area contributed by atoms with E-state index in [0.29, 0.717) is 36.0 Å². The molecule has 1 amide bonds. The van der Waals surface area contributed by atoms with E-state index < -0.39 is 9.84 Å².